The van der Waals surface area contributed by atoms with E-state index in [0.29, 0.717) is 6.10 Å². The normalized spacial score (nSPS) is 37.0. The second-order valence-electron chi connectivity index (χ2n) is 5.35. The van der Waals surface area contributed by atoms with E-state index in [9.17, 15) is 0 Å². The van der Waals surface area contributed by atoms with E-state index in [1.165, 1.54) is 44.9 Å². The molecule has 2 heteroatoms. The van der Waals surface area contributed by atoms with Crippen molar-refractivity contribution in [2.45, 2.75) is 64.0 Å². The minimum absolute atomic E-state index is 0.546. The number of hydrogen-bond acceptors (Lipinski definition) is 2. The van der Waals surface area contributed by atoms with Crippen molar-refractivity contribution in [1.82, 2.24) is 5.32 Å². The molecule has 3 atom stereocenters. The summed E-state index contributed by atoms with van der Waals surface area (Å²) in [6, 6.07) is 0.795. The molecule has 15 heavy (non-hydrogen) atoms. The van der Waals surface area contributed by atoms with Gasteiger partial charge in [0.25, 0.3) is 0 Å². The van der Waals surface area contributed by atoms with Crippen molar-refractivity contribution < 1.29 is 4.74 Å². The summed E-state index contributed by atoms with van der Waals surface area (Å²) in [7, 11) is 0. The van der Waals surface area contributed by atoms with Gasteiger partial charge in [-0.15, -0.1) is 0 Å². The first-order valence-electron chi connectivity index (χ1n) is 6.69. The predicted molar refractivity (Wildman–Crippen MR) is 63.0 cm³/mol. The van der Waals surface area contributed by atoms with Crippen molar-refractivity contribution in [1.29, 1.82) is 0 Å². The molecule has 2 aliphatic rings. The minimum atomic E-state index is 0.546. The SMILES string of the molecule is CC1CCC(NCCC2CCCCO2)C1. The lowest BCUT2D eigenvalue weighted by molar-refractivity contribution is 0.0112. The highest BCUT2D eigenvalue weighted by molar-refractivity contribution is 4.78. The molecule has 0 spiro atoms. The first-order valence-corrected chi connectivity index (χ1v) is 6.69. The van der Waals surface area contributed by atoms with Gasteiger partial charge in [0.1, 0.15) is 0 Å². The van der Waals surface area contributed by atoms with Crippen LogP contribution in [0.5, 0.6) is 0 Å². The Labute approximate surface area is 93.8 Å². The Morgan fingerprint density at radius 2 is 2.13 bits per heavy atom. The summed E-state index contributed by atoms with van der Waals surface area (Å²) >= 11 is 0. The van der Waals surface area contributed by atoms with Crippen LogP contribution in [0.3, 0.4) is 0 Å². The second kappa shape index (κ2) is 5.86. The van der Waals surface area contributed by atoms with Crippen LogP contribution in [-0.4, -0.2) is 25.3 Å². The highest BCUT2D eigenvalue weighted by Gasteiger charge is 2.21. The number of ether oxygens (including phenoxy) is 1. The summed E-state index contributed by atoms with van der Waals surface area (Å²) in [6.07, 6.45) is 9.85. The van der Waals surface area contributed by atoms with E-state index in [-0.39, 0.29) is 0 Å². The zero-order valence-electron chi connectivity index (χ0n) is 10.0. The summed E-state index contributed by atoms with van der Waals surface area (Å²) < 4.78 is 5.72. The summed E-state index contributed by atoms with van der Waals surface area (Å²) in [5.41, 5.74) is 0. The zero-order valence-corrected chi connectivity index (χ0v) is 10.0. The van der Waals surface area contributed by atoms with Crippen LogP contribution < -0.4 is 5.32 Å². The maximum atomic E-state index is 5.72. The monoisotopic (exact) mass is 211 g/mol. The van der Waals surface area contributed by atoms with Gasteiger partial charge in [0.15, 0.2) is 0 Å². The highest BCUT2D eigenvalue weighted by atomic mass is 16.5. The Morgan fingerprint density at radius 3 is 2.80 bits per heavy atom. The van der Waals surface area contributed by atoms with Gasteiger partial charge in [-0.05, 0) is 57.4 Å². The third-order valence-corrected chi connectivity index (χ3v) is 3.87. The summed E-state index contributed by atoms with van der Waals surface area (Å²) in [5.74, 6) is 0.938. The molecule has 88 valence electrons. The van der Waals surface area contributed by atoms with Crippen LogP contribution >= 0.6 is 0 Å². The molecule has 2 rings (SSSR count). The smallest absolute Gasteiger partial charge is 0.0587 e. The lowest BCUT2D eigenvalue weighted by Gasteiger charge is -2.23. The number of rotatable bonds is 4. The van der Waals surface area contributed by atoms with Crippen molar-refractivity contribution in [3.05, 3.63) is 0 Å². The van der Waals surface area contributed by atoms with E-state index in [1.807, 2.05) is 0 Å². The van der Waals surface area contributed by atoms with Gasteiger partial charge in [0, 0.05) is 12.6 Å². The van der Waals surface area contributed by atoms with Crippen LogP contribution in [0.15, 0.2) is 0 Å². The van der Waals surface area contributed by atoms with Crippen molar-refractivity contribution in [2.75, 3.05) is 13.2 Å². The van der Waals surface area contributed by atoms with Crippen LogP contribution in [-0.2, 0) is 4.74 Å². The van der Waals surface area contributed by atoms with Crippen molar-refractivity contribution >= 4 is 0 Å². The molecule has 0 aromatic carbocycles. The third kappa shape index (κ3) is 3.76. The lowest BCUT2D eigenvalue weighted by atomic mass is 10.1. The van der Waals surface area contributed by atoms with Crippen molar-refractivity contribution in [3.63, 3.8) is 0 Å². The average Bonchev–Trinajstić information content (AvgIpc) is 2.66. The van der Waals surface area contributed by atoms with Crippen LogP contribution in [0, 0.1) is 5.92 Å². The Kier molecular flexibility index (Phi) is 4.45. The molecule has 1 saturated heterocycles. The molecular weight excluding hydrogens is 186 g/mol. The summed E-state index contributed by atoms with van der Waals surface area (Å²) in [6.45, 7) is 4.51. The Balaban J connectivity index is 1.54. The summed E-state index contributed by atoms with van der Waals surface area (Å²) in [5, 5.41) is 3.68. The van der Waals surface area contributed by atoms with Crippen LogP contribution in [0.2, 0.25) is 0 Å². The Morgan fingerprint density at radius 1 is 1.20 bits per heavy atom. The predicted octanol–water partition coefficient (Wildman–Crippen LogP) is 2.72. The van der Waals surface area contributed by atoms with Gasteiger partial charge in [-0.1, -0.05) is 6.92 Å². The standard InChI is InChI=1S/C13H25NO/c1-11-5-6-12(10-11)14-8-7-13-4-2-3-9-15-13/h11-14H,2-10H2,1H3. The van der Waals surface area contributed by atoms with Gasteiger partial charge < -0.3 is 10.1 Å². The molecule has 0 aromatic rings. The molecule has 0 aromatic heterocycles. The van der Waals surface area contributed by atoms with Crippen LogP contribution in [0.1, 0.15) is 51.9 Å². The van der Waals surface area contributed by atoms with E-state index in [4.69, 9.17) is 4.74 Å². The molecule has 1 N–H and O–H groups in total. The minimum Gasteiger partial charge on any atom is -0.378 e. The van der Waals surface area contributed by atoms with Crippen LogP contribution in [0.4, 0.5) is 0 Å². The van der Waals surface area contributed by atoms with Gasteiger partial charge >= 0.3 is 0 Å². The van der Waals surface area contributed by atoms with Crippen molar-refractivity contribution in [2.24, 2.45) is 5.92 Å². The highest BCUT2D eigenvalue weighted by Crippen LogP contribution is 2.24. The fourth-order valence-electron chi connectivity index (χ4n) is 2.88. The molecule has 1 heterocycles. The van der Waals surface area contributed by atoms with E-state index < -0.39 is 0 Å². The van der Waals surface area contributed by atoms with Crippen molar-refractivity contribution in [3.8, 4) is 0 Å². The largest absolute Gasteiger partial charge is 0.378 e. The topological polar surface area (TPSA) is 21.3 Å². The van der Waals surface area contributed by atoms with E-state index >= 15 is 0 Å². The first kappa shape index (κ1) is 11.4. The fraction of sp³-hybridized carbons (Fsp3) is 1.00. The second-order valence-corrected chi connectivity index (χ2v) is 5.35. The fourth-order valence-corrected chi connectivity index (χ4v) is 2.88. The maximum absolute atomic E-state index is 5.72. The zero-order chi connectivity index (χ0) is 10.5. The summed E-state index contributed by atoms with van der Waals surface area (Å²) in [4.78, 5) is 0. The molecule has 0 bridgehead atoms. The van der Waals surface area contributed by atoms with Gasteiger partial charge in [-0.2, -0.15) is 0 Å². The first-order chi connectivity index (χ1) is 7.34. The number of hydrogen-bond donors (Lipinski definition) is 1. The third-order valence-electron chi connectivity index (χ3n) is 3.87. The molecule has 3 unspecified atom stereocenters. The molecule has 1 aliphatic carbocycles. The van der Waals surface area contributed by atoms with Gasteiger partial charge in [0.05, 0.1) is 6.10 Å². The van der Waals surface area contributed by atoms with Gasteiger partial charge in [0.2, 0.25) is 0 Å². The Bertz CT molecular complexity index is 173. The molecule has 1 aliphatic heterocycles. The molecule has 0 radical (unpaired) electrons. The van der Waals surface area contributed by atoms with E-state index in [2.05, 4.69) is 12.2 Å². The lowest BCUT2D eigenvalue weighted by Crippen LogP contribution is -2.31. The number of nitrogens with one attached hydrogen (secondary N) is 1. The van der Waals surface area contributed by atoms with Crippen LogP contribution in [0.25, 0.3) is 0 Å². The van der Waals surface area contributed by atoms with Gasteiger partial charge in [-0.25, -0.2) is 0 Å². The Hall–Kier alpha value is -0.0800. The quantitative estimate of drug-likeness (QED) is 0.772. The van der Waals surface area contributed by atoms with Gasteiger partial charge in [-0.3, -0.25) is 0 Å². The molecule has 1 saturated carbocycles. The van der Waals surface area contributed by atoms with E-state index in [1.54, 1.807) is 0 Å². The molecule has 2 nitrogen and oxygen atoms in total. The maximum Gasteiger partial charge on any atom is 0.0587 e. The molecule has 2 fully saturated rings. The molecule has 0 amide bonds. The average molecular weight is 211 g/mol. The van der Waals surface area contributed by atoms with E-state index in [0.717, 1.165) is 25.1 Å². The molecular formula is C13H25NO.